The molecule has 0 aliphatic carbocycles. The number of carbonyl (C=O) groups is 1. The van der Waals surface area contributed by atoms with Crippen LogP contribution in [0.1, 0.15) is 31.1 Å². The van der Waals surface area contributed by atoms with Crippen LogP contribution in [-0.2, 0) is 27.8 Å². The molecule has 0 fully saturated rings. The van der Waals surface area contributed by atoms with Crippen LogP contribution in [0, 0.1) is 0 Å². The van der Waals surface area contributed by atoms with E-state index in [1.54, 1.807) is 24.3 Å². The second-order valence-corrected chi connectivity index (χ2v) is 6.54. The monoisotopic (exact) mass is 306 g/mol. The number of aliphatic carboxylic acids is 1. The Balaban J connectivity index is 2.04. The zero-order valence-electron chi connectivity index (χ0n) is 12.0. The fraction of sp³-hybridized carbons (Fsp3) is 0.333. The highest BCUT2D eigenvalue weighted by Gasteiger charge is 2.09. The average Bonchev–Trinajstić information content (AvgIpc) is 2.87. The third kappa shape index (κ3) is 4.26. The standard InChI is InChI=1S/C15H18N2O3S/c1-11(2)17-8-7-13(16-17)10-21(20)14-5-3-12(4-6-14)9-15(18)19/h3-8,11H,9-10H2,1-2H3,(H,18,19). The molecule has 112 valence electrons. The van der Waals surface area contributed by atoms with Gasteiger partial charge in [0.1, 0.15) is 0 Å². The zero-order chi connectivity index (χ0) is 15.4. The first kappa shape index (κ1) is 15.4. The van der Waals surface area contributed by atoms with Crippen LogP contribution in [0.25, 0.3) is 0 Å². The van der Waals surface area contributed by atoms with Gasteiger partial charge in [-0.2, -0.15) is 5.10 Å². The summed E-state index contributed by atoms with van der Waals surface area (Å²) in [6.45, 7) is 4.07. The quantitative estimate of drug-likeness (QED) is 0.889. The Labute approximate surface area is 126 Å². The molecular weight excluding hydrogens is 288 g/mol. The lowest BCUT2D eigenvalue weighted by atomic mass is 10.2. The van der Waals surface area contributed by atoms with Gasteiger partial charge >= 0.3 is 5.97 Å². The molecule has 0 saturated carbocycles. The van der Waals surface area contributed by atoms with Crippen LogP contribution in [0.3, 0.4) is 0 Å². The number of benzene rings is 1. The van der Waals surface area contributed by atoms with Crippen molar-refractivity contribution < 1.29 is 14.1 Å². The van der Waals surface area contributed by atoms with Crippen molar-refractivity contribution in [3.63, 3.8) is 0 Å². The molecule has 1 unspecified atom stereocenters. The first-order chi connectivity index (χ1) is 9.95. The minimum Gasteiger partial charge on any atom is -0.481 e. The summed E-state index contributed by atoms with van der Waals surface area (Å²) < 4.78 is 14.1. The van der Waals surface area contributed by atoms with Gasteiger partial charge < -0.3 is 5.11 Å². The molecule has 0 radical (unpaired) electrons. The van der Waals surface area contributed by atoms with E-state index < -0.39 is 16.8 Å². The second kappa shape index (κ2) is 6.67. The van der Waals surface area contributed by atoms with Crippen molar-refractivity contribution in [1.82, 2.24) is 9.78 Å². The molecule has 6 heteroatoms. The van der Waals surface area contributed by atoms with E-state index in [1.807, 2.05) is 30.8 Å². The molecular formula is C15H18N2O3S. The molecule has 21 heavy (non-hydrogen) atoms. The van der Waals surface area contributed by atoms with Crippen molar-refractivity contribution in [3.05, 3.63) is 47.8 Å². The van der Waals surface area contributed by atoms with Gasteiger partial charge in [0.2, 0.25) is 0 Å². The molecule has 1 aromatic heterocycles. The van der Waals surface area contributed by atoms with E-state index in [9.17, 15) is 9.00 Å². The normalized spacial score (nSPS) is 12.5. The summed E-state index contributed by atoms with van der Waals surface area (Å²) in [5.41, 5.74) is 1.49. The molecule has 2 rings (SSSR count). The lowest BCUT2D eigenvalue weighted by molar-refractivity contribution is -0.136. The second-order valence-electron chi connectivity index (χ2n) is 5.09. The highest BCUT2D eigenvalue weighted by atomic mass is 32.2. The van der Waals surface area contributed by atoms with Crippen LogP contribution in [0.15, 0.2) is 41.4 Å². The van der Waals surface area contributed by atoms with Crippen LogP contribution in [0.4, 0.5) is 0 Å². The van der Waals surface area contributed by atoms with E-state index in [0.717, 1.165) is 5.69 Å². The first-order valence-electron chi connectivity index (χ1n) is 6.69. The molecule has 1 N–H and O–H groups in total. The molecule has 2 aromatic rings. The summed E-state index contributed by atoms with van der Waals surface area (Å²) in [6.07, 6.45) is 1.86. The lowest BCUT2D eigenvalue weighted by Gasteiger charge is -2.04. The molecule has 1 heterocycles. The Morgan fingerprint density at radius 1 is 1.29 bits per heavy atom. The summed E-state index contributed by atoms with van der Waals surface area (Å²) >= 11 is 0. The van der Waals surface area contributed by atoms with E-state index in [1.165, 1.54) is 0 Å². The van der Waals surface area contributed by atoms with Gasteiger partial charge in [0.15, 0.2) is 0 Å². The zero-order valence-corrected chi connectivity index (χ0v) is 12.8. The minimum atomic E-state index is -1.18. The Kier molecular flexibility index (Phi) is 4.90. The Hall–Kier alpha value is -1.95. The largest absolute Gasteiger partial charge is 0.481 e. The summed E-state index contributed by atoms with van der Waals surface area (Å²) in [6, 6.07) is 8.99. The van der Waals surface area contributed by atoms with Crippen LogP contribution < -0.4 is 0 Å². The molecule has 0 aliphatic heterocycles. The maximum Gasteiger partial charge on any atom is 0.307 e. The van der Waals surface area contributed by atoms with Gasteiger partial charge in [-0.1, -0.05) is 12.1 Å². The summed E-state index contributed by atoms with van der Waals surface area (Å²) in [5, 5.41) is 13.1. The summed E-state index contributed by atoms with van der Waals surface area (Å²) in [5.74, 6) is -0.513. The van der Waals surface area contributed by atoms with Crippen molar-refractivity contribution >= 4 is 16.8 Å². The molecule has 0 amide bonds. The highest BCUT2D eigenvalue weighted by Crippen LogP contribution is 2.14. The highest BCUT2D eigenvalue weighted by molar-refractivity contribution is 7.84. The molecule has 1 aromatic carbocycles. The van der Waals surface area contributed by atoms with Gasteiger partial charge in [0.25, 0.3) is 0 Å². The number of rotatable bonds is 6. The van der Waals surface area contributed by atoms with Gasteiger partial charge in [0, 0.05) is 17.1 Å². The molecule has 0 spiro atoms. The molecule has 0 saturated heterocycles. The fourth-order valence-corrected chi connectivity index (χ4v) is 2.92. The van der Waals surface area contributed by atoms with E-state index in [0.29, 0.717) is 16.2 Å². The van der Waals surface area contributed by atoms with Crippen molar-refractivity contribution in [1.29, 1.82) is 0 Å². The van der Waals surface area contributed by atoms with E-state index in [2.05, 4.69) is 5.10 Å². The van der Waals surface area contributed by atoms with Crippen LogP contribution in [-0.4, -0.2) is 25.1 Å². The van der Waals surface area contributed by atoms with E-state index >= 15 is 0 Å². The van der Waals surface area contributed by atoms with E-state index in [-0.39, 0.29) is 12.5 Å². The molecule has 5 nitrogen and oxygen atoms in total. The number of carboxylic acid groups (broad SMARTS) is 1. The fourth-order valence-electron chi connectivity index (χ4n) is 1.89. The number of carboxylic acids is 1. The third-order valence-electron chi connectivity index (χ3n) is 3.01. The van der Waals surface area contributed by atoms with Crippen LogP contribution in [0.2, 0.25) is 0 Å². The van der Waals surface area contributed by atoms with Gasteiger partial charge in [-0.3, -0.25) is 13.7 Å². The predicted molar refractivity (Wildman–Crippen MR) is 80.5 cm³/mol. The van der Waals surface area contributed by atoms with E-state index in [4.69, 9.17) is 5.11 Å². The van der Waals surface area contributed by atoms with Gasteiger partial charge in [0.05, 0.1) is 28.7 Å². The number of hydrogen-bond acceptors (Lipinski definition) is 3. The minimum absolute atomic E-state index is 0.0221. The van der Waals surface area contributed by atoms with Crippen molar-refractivity contribution in [2.75, 3.05) is 0 Å². The average molecular weight is 306 g/mol. The van der Waals surface area contributed by atoms with Crippen molar-refractivity contribution in [3.8, 4) is 0 Å². The number of aromatic nitrogens is 2. The van der Waals surface area contributed by atoms with Gasteiger partial charge in [-0.05, 0) is 37.6 Å². The predicted octanol–water partition coefficient (Wildman–Crippen LogP) is 2.40. The van der Waals surface area contributed by atoms with Gasteiger partial charge in [-0.25, -0.2) is 0 Å². The first-order valence-corrected chi connectivity index (χ1v) is 8.00. The third-order valence-corrected chi connectivity index (χ3v) is 4.37. The molecule has 1 atom stereocenters. The SMILES string of the molecule is CC(C)n1ccc(CS(=O)c2ccc(CC(=O)O)cc2)n1. The van der Waals surface area contributed by atoms with Crippen molar-refractivity contribution in [2.24, 2.45) is 0 Å². The molecule has 0 bridgehead atoms. The Bertz CT molecular complexity index is 647. The Morgan fingerprint density at radius 2 is 1.95 bits per heavy atom. The maximum atomic E-state index is 12.3. The topological polar surface area (TPSA) is 72.2 Å². The van der Waals surface area contributed by atoms with Crippen LogP contribution in [0.5, 0.6) is 0 Å². The number of nitrogens with zero attached hydrogens (tertiary/aromatic N) is 2. The summed E-state index contributed by atoms with van der Waals surface area (Å²) in [4.78, 5) is 11.3. The van der Waals surface area contributed by atoms with Crippen LogP contribution >= 0.6 is 0 Å². The smallest absolute Gasteiger partial charge is 0.307 e. The number of hydrogen-bond donors (Lipinski definition) is 1. The lowest BCUT2D eigenvalue weighted by Crippen LogP contribution is -2.04. The summed E-state index contributed by atoms with van der Waals surface area (Å²) in [7, 11) is -1.18. The van der Waals surface area contributed by atoms with Gasteiger partial charge in [-0.15, -0.1) is 0 Å². The molecule has 0 aliphatic rings. The van der Waals surface area contributed by atoms with Crippen molar-refractivity contribution in [2.45, 2.75) is 37.0 Å². The maximum absolute atomic E-state index is 12.3. The Morgan fingerprint density at radius 3 is 2.48 bits per heavy atom.